The van der Waals surface area contributed by atoms with E-state index in [1.807, 2.05) is 0 Å². The Labute approximate surface area is 130 Å². The van der Waals surface area contributed by atoms with Crippen LogP contribution in [-0.2, 0) is 13.1 Å². The summed E-state index contributed by atoms with van der Waals surface area (Å²) in [6.07, 6.45) is 0. The molecule has 0 aliphatic rings. The first kappa shape index (κ1) is 15.2. The van der Waals surface area contributed by atoms with E-state index < -0.39 is 11.6 Å². The van der Waals surface area contributed by atoms with Crippen molar-refractivity contribution in [1.82, 2.24) is 15.0 Å². The molecule has 7 heteroatoms. The molecule has 4 nitrogen and oxygen atoms in total. The normalized spacial score (nSPS) is 11.0. The van der Waals surface area contributed by atoms with Gasteiger partial charge in [-0.1, -0.05) is 17.3 Å². The number of aromatic nitrogens is 3. The first-order chi connectivity index (χ1) is 11.1. The van der Waals surface area contributed by atoms with Crippen LogP contribution in [0.3, 0.4) is 0 Å². The molecule has 0 unspecified atom stereocenters. The molecule has 0 saturated carbocycles. The second kappa shape index (κ2) is 6.21. The fraction of sp³-hybridized carbons (Fsp3) is 0.125. The molecular formula is C16H13F3N4. The summed E-state index contributed by atoms with van der Waals surface area (Å²) in [7, 11) is 0. The van der Waals surface area contributed by atoms with Gasteiger partial charge in [0.25, 0.3) is 0 Å². The molecule has 0 atom stereocenters. The van der Waals surface area contributed by atoms with Crippen molar-refractivity contribution in [3.63, 3.8) is 0 Å². The highest BCUT2D eigenvalue weighted by atomic mass is 19.2. The lowest BCUT2D eigenvalue weighted by Gasteiger charge is -2.09. The summed E-state index contributed by atoms with van der Waals surface area (Å²) in [6, 6.07) is 9.56. The van der Waals surface area contributed by atoms with Gasteiger partial charge in [-0.2, -0.15) is 0 Å². The summed E-state index contributed by atoms with van der Waals surface area (Å²) < 4.78 is 41.4. The predicted octanol–water partition coefficient (Wildman–Crippen LogP) is 2.87. The minimum absolute atomic E-state index is 0.0947. The van der Waals surface area contributed by atoms with Crippen LogP contribution in [0.1, 0.15) is 11.3 Å². The molecule has 1 heterocycles. The van der Waals surface area contributed by atoms with Crippen LogP contribution in [0.2, 0.25) is 0 Å². The van der Waals surface area contributed by atoms with E-state index in [1.165, 1.54) is 22.9 Å². The van der Waals surface area contributed by atoms with Gasteiger partial charge >= 0.3 is 0 Å². The van der Waals surface area contributed by atoms with Gasteiger partial charge in [-0.3, -0.25) is 0 Å². The molecule has 0 radical (unpaired) electrons. The van der Waals surface area contributed by atoms with Gasteiger partial charge in [-0.15, -0.1) is 5.10 Å². The van der Waals surface area contributed by atoms with Gasteiger partial charge in [0.05, 0.1) is 12.2 Å². The average molecular weight is 318 g/mol. The van der Waals surface area contributed by atoms with Gasteiger partial charge in [-0.25, -0.2) is 17.9 Å². The maximum atomic E-state index is 13.5. The Morgan fingerprint density at radius 2 is 1.83 bits per heavy atom. The van der Waals surface area contributed by atoms with Gasteiger partial charge in [0, 0.05) is 12.1 Å². The molecule has 23 heavy (non-hydrogen) atoms. The average Bonchev–Trinajstić information content (AvgIpc) is 2.93. The molecule has 1 aromatic heterocycles. The molecule has 0 aliphatic carbocycles. The standard InChI is InChI=1S/C16H13F3N4/c17-12-3-1-2-10(6-12)9-23-16(15(8-20)21-22-23)11-4-5-13(18)14(19)7-11/h1-7H,8-9,20H2. The van der Waals surface area contributed by atoms with Crippen LogP contribution >= 0.6 is 0 Å². The minimum Gasteiger partial charge on any atom is -0.325 e. The molecule has 0 saturated heterocycles. The number of benzene rings is 2. The van der Waals surface area contributed by atoms with Crippen molar-refractivity contribution in [2.75, 3.05) is 0 Å². The number of nitrogens with two attached hydrogens (primary N) is 1. The Balaban J connectivity index is 2.05. The van der Waals surface area contributed by atoms with Gasteiger partial charge in [0.1, 0.15) is 11.5 Å². The van der Waals surface area contributed by atoms with Crippen LogP contribution in [0.5, 0.6) is 0 Å². The maximum Gasteiger partial charge on any atom is 0.159 e. The SMILES string of the molecule is NCc1nnn(Cc2cccc(F)c2)c1-c1ccc(F)c(F)c1. The third-order valence-electron chi connectivity index (χ3n) is 3.41. The molecule has 0 aliphatic heterocycles. The first-order valence-corrected chi connectivity index (χ1v) is 6.91. The predicted molar refractivity (Wildman–Crippen MR) is 78.8 cm³/mol. The van der Waals surface area contributed by atoms with E-state index in [9.17, 15) is 13.2 Å². The van der Waals surface area contributed by atoms with Gasteiger partial charge in [0.15, 0.2) is 11.6 Å². The number of rotatable bonds is 4. The Morgan fingerprint density at radius 1 is 1.00 bits per heavy atom. The number of hydrogen-bond acceptors (Lipinski definition) is 3. The van der Waals surface area contributed by atoms with E-state index in [-0.39, 0.29) is 18.9 Å². The summed E-state index contributed by atoms with van der Waals surface area (Å²) in [4.78, 5) is 0. The Hall–Kier alpha value is -2.67. The summed E-state index contributed by atoms with van der Waals surface area (Å²) in [5.74, 6) is -2.27. The Morgan fingerprint density at radius 3 is 2.52 bits per heavy atom. The zero-order valence-corrected chi connectivity index (χ0v) is 12.0. The van der Waals surface area contributed by atoms with E-state index in [0.29, 0.717) is 22.5 Å². The van der Waals surface area contributed by atoms with Crippen molar-refractivity contribution in [2.45, 2.75) is 13.1 Å². The van der Waals surface area contributed by atoms with E-state index in [2.05, 4.69) is 10.3 Å². The second-order valence-electron chi connectivity index (χ2n) is 5.01. The largest absolute Gasteiger partial charge is 0.325 e. The van der Waals surface area contributed by atoms with Crippen molar-refractivity contribution in [3.05, 3.63) is 71.2 Å². The highest BCUT2D eigenvalue weighted by Crippen LogP contribution is 2.24. The smallest absolute Gasteiger partial charge is 0.159 e. The second-order valence-corrected chi connectivity index (χ2v) is 5.01. The lowest BCUT2D eigenvalue weighted by atomic mass is 10.1. The molecule has 3 rings (SSSR count). The third kappa shape index (κ3) is 3.09. The molecule has 2 N–H and O–H groups in total. The van der Waals surface area contributed by atoms with Crippen molar-refractivity contribution >= 4 is 0 Å². The minimum atomic E-state index is -0.969. The highest BCUT2D eigenvalue weighted by Gasteiger charge is 2.16. The van der Waals surface area contributed by atoms with Gasteiger partial charge in [0.2, 0.25) is 0 Å². The molecule has 3 aromatic rings. The number of halogens is 3. The van der Waals surface area contributed by atoms with E-state index >= 15 is 0 Å². The lowest BCUT2D eigenvalue weighted by molar-refractivity contribution is 0.509. The molecule has 0 amide bonds. The lowest BCUT2D eigenvalue weighted by Crippen LogP contribution is -2.06. The first-order valence-electron chi connectivity index (χ1n) is 6.91. The summed E-state index contributed by atoms with van der Waals surface area (Å²) in [5, 5.41) is 7.95. The van der Waals surface area contributed by atoms with E-state index in [4.69, 9.17) is 5.73 Å². The summed E-state index contributed by atoms with van der Waals surface area (Å²) >= 11 is 0. The van der Waals surface area contributed by atoms with Crippen LogP contribution in [0.15, 0.2) is 42.5 Å². The topological polar surface area (TPSA) is 56.7 Å². The van der Waals surface area contributed by atoms with Crippen LogP contribution in [0.25, 0.3) is 11.3 Å². The van der Waals surface area contributed by atoms with Crippen molar-refractivity contribution in [1.29, 1.82) is 0 Å². The maximum absolute atomic E-state index is 13.5. The fourth-order valence-corrected chi connectivity index (χ4v) is 2.36. The number of nitrogens with zero attached hydrogens (tertiary/aromatic N) is 3. The van der Waals surface area contributed by atoms with Crippen LogP contribution in [0, 0.1) is 17.5 Å². The highest BCUT2D eigenvalue weighted by molar-refractivity contribution is 5.62. The molecular weight excluding hydrogens is 305 g/mol. The summed E-state index contributed by atoms with van der Waals surface area (Å²) in [5.41, 5.74) is 7.65. The molecule has 0 spiro atoms. The molecule has 118 valence electrons. The van der Waals surface area contributed by atoms with Crippen molar-refractivity contribution in [3.8, 4) is 11.3 Å². The fourth-order valence-electron chi connectivity index (χ4n) is 2.36. The van der Waals surface area contributed by atoms with Crippen LogP contribution in [0.4, 0.5) is 13.2 Å². The summed E-state index contributed by atoms with van der Waals surface area (Å²) in [6.45, 7) is 0.330. The quantitative estimate of drug-likeness (QED) is 0.805. The van der Waals surface area contributed by atoms with Crippen molar-refractivity contribution in [2.24, 2.45) is 5.73 Å². The van der Waals surface area contributed by atoms with Crippen LogP contribution < -0.4 is 5.73 Å². The van der Waals surface area contributed by atoms with E-state index in [0.717, 1.165) is 12.1 Å². The molecule has 2 aromatic carbocycles. The monoisotopic (exact) mass is 318 g/mol. The van der Waals surface area contributed by atoms with E-state index in [1.54, 1.807) is 12.1 Å². The molecule has 0 fully saturated rings. The molecule has 0 bridgehead atoms. The van der Waals surface area contributed by atoms with Gasteiger partial charge < -0.3 is 5.73 Å². The van der Waals surface area contributed by atoms with Gasteiger partial charge in [-0.05, 0) is 35.9 Å². The van der Waals surface area contributed by atoms with Crippen molar-refractivity contribution < 1.29 is 13.2 Å². The Bertz CT molecular complexity index is 845. The zero-order valence-electron chi connectivity index (χ0n) is 12.0. The Kier molecular flexibility index (Phi) is 4.12. The zero-order chi connectivity index (χ0) is 16.4. The van der Waals surface area contributed by atoms with Crippen LogP contribution in [-0.4, -0.2) is 15.0 Å². The third-order valence-corrected chi connectivity index (χ3v) is 3.41. The number of hydrogen-bond donors (Lipinski definition) is 1.